The number of primary sulfonamides is 1. The lowest BCUT2D eigenvalue weighted by atomic mass is 9.95. The van der Waals surface area contributed by atoms with E-state index in [2.05, 4.69) is 5.10 Å². The van der Waals surface area contributed by atoms with E-state index >= 15 is 0 Å². The van der Waals surface area contributed by atoms with Crippen molar-refractivity contribution in [3.05, 3.63) is 119 Å². The van der Waals surface area contributed by atoms with Crippen LogP contribution in [0.4, 0.5) is 0 Å². The summed E-state index contributed by atoms with van der Waals surface area (Å²) < 4.78 is 25.7. The fourth-order valence-electron chi connectivity index (χ4n) is 5.09. The minimum Gasteiger partial charge on any atom is -0.366 e. The van der Waals surface area contributed by atoms with E-state index in [0.717, 1.165) is 16.3 Å². The largest absolute Gasteiger partial charge is 0.366 e. The molecule has 1 amide bonds. The maximum atomic E-state index is 13.6. The Balaban J connectivity index is 1.44. The zero-order chi connectivity index (χ0) is 29.3. The molecule has 1 heterocycles. The zero-order valence-corrected chi connectivity index (χ0v) is 23.6. The van der Waals surface area contributed by atoms with E-state index in [1.807, 2.05) is 61.6 Å². The lowest BCUT2D eigenvalue weighted by Gasteiger charge is -2.13. The van der Waals surface area contributed by atoms with Crippen molar-refractivity contribution in [1.29, 1.82) is 0 Å². The molecule has 0 unspecified atom stereocenters. The number of aryl methyl sites for hydroxylation is 1. The Morgan fingerprint density at radius 2 is 1.66 bits per heavy atom. The third-order valence-corrected chi connectivity index (χ3v) is 8.22. The Kier molecular flexibility index (Phi) is 7.57. The van der Waals surface area contributed by atoms with Crippen LogP contribution >= 0.6 is 0 Å². The van der Waals surface area contributed by atoms with Crippen LogP contribution in [0.1, 0.15) is 51.9 Å². The van der Waals surface area contributed by atoms with Crippen LogP contribution in [0.15, 0.2) is 102 Å². The summed E-state index contributed by atoms with van der Waals surface area (Å²) in [6, 6.07) is 19.5. The number of rotatable bonds is 8. The first-order valence-electron chi connectivity index (χ1n) is 13.2. The minimum atomic E-state index is -3.90. The molecule has 208 valence electrons. The molecule has 0 bridgehead atoms. The number of Topliss-reactive ketones (excluding diaryl/α,β-unsaturated/α-hetero) is 1. The molecule has 9 heteroatoms. The van der Waals surface area contributed by atoms with Crippen LogP contribution in [0, 0.1) is 12.8 Å². The number of primary amides is 1. The molecule has 8 nitrogen and oxygen atoms in total. The van der Waals surface area contributed by atoms with Crippen LogP contribution in [-0.4, -0.2) is 29.9 Å². The number of sulfonamides is 1. The van der Waals surface area contributed by atoms with Crippen molar-refractivity contribution < 1.29 is 18.0 Å². The summed E-state index contributed by atoms with van der Waals surface area (Å²) in [5, 5.41) is 11.7. The minimum absolute atomic E-state index is 0.0202. The standard InChI is InChI=1S/C32H30N4O4S/c1-20-11-12-23(26-9-5-6-10-31(26)41(34,39)40)14-13-22(20)15-16-30(37)29-17-21(2)35-36(29)28-19-25-8-4-3-7-24(25)18-27(28)32(33)38/h3-14,17-20H,15-16H2,1-2H3,(H2,33,38)(H2,34,39,40)/t20-/m1/s1. The SMILES string of the molecule is Cc1cc(C(=O)CCC2=CC=C(c3ccccc3S(N)(=O)=O)C=C[C@H]2C)n(-c2cc3ccccc3cc2C(N)=O)n1. The van der Waals surface area contributed by atoms with E-state index in [1.165, 1.54) is 10.7 Å². The molecule has 0 saturated carbocycles. The van der Waals surface area contributed by atoms with Gasteiger partial charge in [0.2, 0.25) is 10.0 Å². The molecular formula is C32H30N4O4S. The van der Waals surface area contributed by atoms with Crippen molar-refractivity contribution in [3.8, 4) is 5.69 Å². The van der Waals surface area contributed by atoms with Crippen molar-refractivity contribution in [1.82, 2.24) is 9.78 Å². The molecule has 0 aliphatic heterocycles. The van der Waals surface area contributed by atoms with Gasteiger partial charge in [-0.05, 0) is 59.9 Å². The summed E-state index contributed by atoms with van der Waals surface area (Å²) in [6.45, 7) is 3.82. The van der Waals surface area contributed by atoms with Gasteiger partial charge in [0.1, 0.15) is 5.69 Å². The number of hydrogen-bond donors (Lipinski definition) is 2. The average molecular weight is 567 g/mol. The topological polar surface area (TPSA) is 138 Å². The fraction of sp³-hybridized carbons (Fsp3) is 0.156. The molecule has 0 fully saturated rings. The Bertz CT molecular complexity index is 1900. The van der Waals surface area contributed by atoms with E-state index in [4.69, 9.17) is 10.9 Å². The molecule has 1 aromatic heterocycles. The van der Waals surface area contributed by atoms with Crippen LogP contribution in [0.5, 0.6) is 0 Å². The number of fused-ring (bicyclic) bond motifs is 1. The van der Waals surface area contributed by atoms with Crippen molar-refractivity contribution in [3.63, 3.8) is 0 Å². The first-order valence-corrected chi connectivity index (χ1v) is 14.7. The van der Waals surface area contributed by atoms with Gasteiger partial charge in [-0.25, -0.2) is 18.2 Å². The van der Waals surface area contributed by atoms with Gasteiger partial charge in [0.25, 0.3) is 5.91 Å². The molecule has 0 saturated heterocycles. The Hall–Kier alpha value is -4.60. The number of aromatic nitrogens is 2. The predicted octanol–water partition coefficient (Wildman–Crippen LogP) is 5.26. The van der Waals surface area contributed by atoms with E-state index in [-0.39, 0.29) is 28.6 Å². The van der Waals surface area contributed by atoms with Crippen molar-refractivity contribution in [2.75, 3.05) is 0 Å². The maximum Gasteiger partial charge on any atom is 0.250 e. The Morgan fingerprint density at radius 3 is 2.37 bits per heavy atom. The van der Waals surface area contributed by atoms with E-state index in [0.29, 0.717) is 34.6 Å². The second kappa shape index (κ2) is 11.1. The van der Waals surface area contributed by atoms with Crippen LogP contribution in [0.2, 0.25) is 0 Å². The lowest BCUT2D eigenvalue weighted by molar-refractivity contribution is 0.0969. The summed E-state index contributed by atoms with van der Waals surface area (Å²) in [4.78, 5) is 26.0. The highest BCUT2D eigenvalue weighted by Crippen LogP contribution is 2.30. The number of nitrogens with two attached hydrogens (primary N) is 2. The van der Waals surface area contributed by atoms with E-state index in [1.54, 1.807) is 37.3 Å². The average Bonchev–Trinajstić information content (AvgIpc) is 3.24. The van der Waals surface area contributed by atoms with Gasteiger partial charge < -0.3 is 5.73 Å². The van der Waals surface area contributed by atoms with Crippen molar-refractivity contribution in [2.45, 2.75) is 31.6 Å². The van der Waals surface area contributed by atoms with Gasteiger partial charge in [-0.2, -0.15) is 5.10 Å². The molecular weight excluding hydrogens is 536 g/mol. The number of carbonyl (C=O) groups is 2. The highest BCUT2D eigenvalue weighted by Gasteiger charge is 2.21. The first-order chi connectivity index (χ1) is 19.5. The van der Waals surface area contributed by atoms with Crippen LogP contribution in [0.3, 0.4) is 0 Å². The molecule has 1 aliphatic carbocycles. The number of hydrogen-bond acceptors (Lipinski definition) is 5. The Morgan fingerprint density at radius 1 is 0.976 bits per heavy atom. The lowest BCUT2D eigenvalue weighted by Crippen LogP contribution is -2.17. The smallest absolute Gasteiger partial charge is 0.250 e. The number of ketones is 1. The van der Waals surface area contributed by atoms with Crippen molar-refractivity contribution >= 4 is 38.1 Å². The maximum absolute atomic E-state index is 13.6. The second-order valence-corrected chi connectivity index (χ2v) is 11.7. The fourth-order valence-corrected chi connectivity index (χ4v) is 5.85. The highest BCUT2D eigenvalue weighted by molar-refractivity contribution is 7.89. The quantitative estimate of drug-likeness (QED) is 0.280. The first kappa shape index (κ1) is 27.9. The van der Waals surface area contributed by atoms with Gasteiger partial charge in [0, 0.05) is 12.0 Å². The van der Waals surface area contributed by atoms with Crippen LogP contribution < -0.4 is 10.9 Å². The molecule has 4 N–H and O–H groups in total. The third kappa shape index (κ3) is 5.82. The summed E-state index contributed by atoms with van der Waals surface area (Å²) in [5.74, 6) is -0.709. The molecule has 4 aromatic rings. The van der Waals surface area contributed by atoms with Crippen LogP contribution in [0.25, 0.3) is 22.0 Å². The van der Waals surface area contributed by atoms with Gasteiger partial charge in [-0.15, -0.1) is 0 Å². The predicted molar refractivity (Wildman–Crippen MR) is 160 cm³/mol. The highest BCUT2D eigenvalue weighted by atomic mass is 32.2. The summed E-state index contributed by atoms with van der Waals surface area (Å²) in [6.07, 6.45) is 8.35. The summed E-state index contributed by atoms with van der Waals surface area (Å²) >= 11 is 0. The molecule has 5 rings (SSSR count). The second-order valence-electron chi connectivity index (χ2n) is 10.1. The van der Waals surface area contributed by atoms with E-state index in [9.17, 15) is 18.0 Å². The molecule has 1 aliphatic rings. The van der Waals surface area contributed by atoms with Gasteiger partial charge in [0.15, 0.2) is 5.78 Å². The number of nitrogens with zero attached hydrogens (tertiary/aromatic N) is 2. The number of carbonyl (C=O) groups excluding carboxylic acids is 2. The monoisotopic (exact) mass is 566 g/mol. The number of allylic oxidation sites excluding steroid dienone is 6. The molecule has 0 spiro atoms. The normalized spacial score (nSPS) is 15.3. The summed E-state index contributed by atoms with van der Waals surface area (Å²) in [5.41, 5.74) is 9.73. The number of amides is 1. The van der Waals surface area contributed by atoms with Crippen molar-refractivity contribution in [2.24, 2.45) is 16.8 Å². The third-order valence-electron chi connectivity index (χ3n) is 7.25. The molecule has 3 aromatic carbocycles. The van der Waals surface area contributed by atoms with E-state index < -0.39 is 15.9 Å². The van der Waals surface area contributed by atoms with Crippen LogP contribution in [-0.2, 0) is 10.0 Å². The molecule has 1 atom stereocenters. The summed E-state index contributed by atoms with van der Waals surface area (Å²) in [7, 11) is -3.90. The Labute approximate surface area is 238 Å². The van der Waals surface area contributed by atoms with Gasteiger partial charge in [0.05, 0.1) is 21.8 Å². The molecule has 41 heavy (non-hydrogen) atoms. The van der Waals surface area contributed by atoms with Gasteiger partial charge in [-0.1, -0.05) is 79.3 Å². The zero-order valence-electron chi connectivity index (χ0n) is 22.7. The van der Waals surface area contributed by atoms with Gasteiger partial charge >= 0.3 is 0 Å². The number of benzene rings is 3. The van der Waals surface area contributed by atoms with Gasteiger partial charge in [-0.3, -0.25) is 9.59 Å². The molecule has 0 radical (unpaired) electrons.